The molecule has 0 aliphatic rings. The third-order valence-corrected chi connectivity index (χ3v) is 1.92. The number of aliphatic hydroxyl groups is 3. The van der Waals surface area contributed by atoms with E-state index in [1.54, 1.807) is 0 Å². The Morgan fingerprint density at radius 2 is 1.62 bits per heavy atom. The van der Waals surface area contributed by atoms with Crippen molar-refractivity contribution in [2.75, 3.05) is 19.8 Å². The first-order valence-electron chi connectivity index (χ1n) is 3.79. The fourth-order valence-corrected chi connectivity index (χ4v) is 0.899. The predicted octanol–water partition coefficient (Wildman–Crippen LogP) is 0.00210. The van der Waals surface area contributed by atoms with Crippen molar-refractivity contribution in [3.05, 3.63) is 36.3 Å². The zero-order valence-electron chi connectivity index (χ0n) is 7.45. The molecule has 0 spiro atoms. The Morgan fingerprint density at radius 3 is 1.85 bits per heavy atom. The van der Waals surface area contributed by atoms with Crippen LogP contribution in [0.5, 0.6) is 0 Å². The highest BCUT2D eigenvalue weighted by atomic mass is 16.3. The van der Waals surface area contributed by atoms with Crippen LogP contribution in [0.1, 0.15) is 0 Å². The number of aliphatic hydroxyl groups excluding tert-OH is 3. The highest BCUT2D eigenvalue weighted by Crippen LogP contribution is 2.25. The van der Waals surface area contributed by atoms with Crippen LogP contribution >= 0.6 is 0 Å². The highest BCUT2D eigenvalue weighted by molar-refractivity contribution is 5.25. The third kappa shape index (κ3) is 2.43. The molecule has 0 atom stereocenters. The van der Waals surface area contributed by atoms with Gasteiger partial charge in [0, 0.05) is 5.57 Å². The maximum Gasteiger partial charge on any atom is 0.0724 e. The average molecular weight is 182 g/mol. The normalized spacial score (nSPS) is 10.1. The van der Waals surface area contributed by atoms with Gasteiger partial charge in [-0.2, -0.15) is 0 Å². The van der Waals surface area contributed by atoms with Crippen molar-refractivity contribution in [3.8, 4) is 0 Å². The fraction of sp³-hybridized carbons (Fsp3) is 0.400. The van der Waals surface area contributed by atoms with Crippen molar-refractivity contribution < 1.29 is 15.3 Å². The summed E-state index contributed by atoms with van der Waals surface area (Å²) in [4.78, 5) is 0. The van der Waals surface area contributed by atoms with E-state index in [0.29, 0.717) is 5.57 Å². The van der Waals surface area contributed by atoms with E-state index in [0.717, 1.165) is 0 Å². The van der Waals surface area contributed by atoms with E-state index < -0.39 is 5.41 Å². The zero-order valence-corrected chi connectivity index (χ0v) is 7.45. The van der Waals surface area contributed by atoms with Gasteiger partial charge in [-0.25, -0.2) is 0 Å². The topological polar surface area (TPSA) is 60.7 Å². The first-order valence-corrected chi connectivity index (χ1v) is 3.79. The molecule has 3 nitrogen and oxygen atoms in total. The number of hydrogen-bond donors (Lipinski definition) is 3. The van der Waals surface area contributed by atoms with Crippen LogP contribution in [-0.2, 0) is 0 Å². The molecule has 0 saturated carbocycles. The molecule has 0 amide bonds. The summed E-state index contributed by atoms with van der Waals surface area (Å²) in [6.45, 7) is 5.61. The molecule has 3 N–H and O–H groups in total. The van der Waals surface area contributed by atoms with Crippen molar-refractivity contribution in [1.29, 1.82) is 0 Å². The minimum atomic E-state index is -1.10. The molecule has 13 heavy (non-hydrogen) atoms. The van der Waals surface area contributed by atoms with E-state index in [4.69, 9.17) is 15.3 Å². The summed E-state index contributed by atoms with van der Waals surface area (Å²) >= 11 is 0. The van der Waals surface area contributed by atoms with E-state index in [2.05, 4.69) is 24.6 Å². The molecule has 0 heterocycles. The number of rotatable bonds is 5. The molecule has 0 rings (SSSR count). The van der Waals surface area contributed by atoms with Crippen LogP contribution in [-0.4, -0.2) is 35.1 Å². The minimum absolute atomic E-state index is 0.379. The smallest absolute Gasteiger partial charge is 0.0724 e. The second-order valence-electron chi connectivity index (χ2n) is 2.69. The molecule has 0 radical (unpaired) electrons. The molecule has 3 heteroatoms. The maximum absolute atomic E-state index is 9.03. The lowest BCUT2D eigenvalue weighted by molar-refractivity contribution is 0.0360. The molecular formula is C10H14O3. The van der Waals surface area contributed by atoms with Crippen LogP contribution in [0.2, 0.25) is 0 Å². The molecule has 0 bridgehead atoms. The van der Waals surface area contributed by atoms with Gasteiger partial charge in [0.25, 0.3) is 0 Å². The van der Waals surface area contributed by atoms with Gasteiger partial charge in [-0.3, -0.25) is 0 Å². The largest absolute Gasteiger partial charge is 0.395 e. The summed E-state index contributed by atoms with van der Waals surface area (Å²) in [5.41, 5.74) is 4.30. The van der Waals surface area contributed by atoms with Gasteiger partial charge in [0.15, 0.2) is 0 Å². The molecule has 0 fully saturated rings. The SMILES string of the molecule is C=C=CC(=C=C)C(CO)(CO)CO. The molecule has 72 valence electrons. The number of allylic oxidation sites excluding steroid dienone is 1. The summed E-state index contributed by atoms with van der Waals surface area (Å²) in [5, 5.41) is 27.1. The average Bonchev–Trinajstić information content (AvgIpc) is 2.19. The lowest BCUT2D eigenvalue weighted by Crippen LogP contribution is -2.35. The highest BCUT2D eigenvalue weighted by Gasteiger charge is 2.31. The Morgan fingerprint density at radius 1 is 1.15 bits per heavy atom. The van der Waals surface area contributed by atoms with Gasteiger partial charge in [0.2, 0.25) is 0 Å². The predicted molar refractivity (Wildman–Crippen MR) is 50.1 cm³/mol. The summed E-state index contributed by atoms with van der Waals surface area (Å²) < 4.78 is 0. The van der Waals surface area contributed by atoms with Crippen molar-refractivity contribution >= 4 is 0 Å². The molecule has 0 aliphatic carbocycles. The van der Waals surface area contributed by atoms with Gasteiger partial charge in [-0.15, -0.1) is 11.5 Å². The second-order valence-corrected chi connectivity index (χ2v) is 2.69. The van der Waals surface area contributed by atoms with Crippen LogP contribution in [0.25, 0.3) is 0 Å². The summed E-state index contributed by atoms with van der Waals surface area (Å²) in [6.07, 6.45) is 1.43. The Balaban J connectivity index is 5.12. The standard InChI is InChI=1S/C10H14O3/c1-3-5-9(4-2)10(6-11,7-12)8-13/h5,11-13H,1-2,6-8H2. The summed E-state index contributed by atoms with van der Waals surface area (Å²) in [7, 11) is 0. The van der Waals surface area contributed by atoms with Crippen LogP contribution in [0.15, 0.2) is 36.3 Å². The first-order chi connectivity index (χ1) is 6.20. The molecule has 0 unspecified atom stereocenters. The molecule has 0 aromatic carbocycles. The Bertz CT molecular complexity index is 243. The van der Waals surface area contributed by atoms with E-state index >= 15 is 0 Å². The van der Waals surface area contributed by atoms with E-state index in [1.165, 1.54) is 6.08 Å². The Labute approximate surface area is 77.6 Å². The lowest BCUT2D eigenvalue weighted by atomic mass is 9.82. The molecular weight excluding hydrogens is 168 g/mol. The van der Waals surface area contributed by atoms with Crippen LogP contribution in [0.4, 0.5) is 0 Å². The quantitative estimate of drug-likeness (QED) is 0.414. The van der Waals surface area contributed by atoms with E-state index in [1.807, 2.05) is 0 Å². The van der Waals surface area contributed by atoms with Gasteiger partial charge < -0.3 is 15.3 Å². The van der Waals surface area contributed by atoms with Crippen molar-refractivity contribution in [2.24, 2.45) is 5.41 Å². The Hall–Kier alpha value is -1.08. The molecule has 0 aromatic heterocycles. The monoisotopic (exact) mass is 182 g/mol. The summed E-state index contributed by atoms with van der Waals surface area (Å²) in [6, 6.07) is 0. The van der Waals surface area contributed by atoms with Gasteiger partial charge in [-0.1, -0.05) is 13.2 Å². The van der Waals surface area contributed by atoms with E-state index in [-0.39, 0.29) is 19.8 Å². The van der Waals surface area contributed by atoms with Gasteiger partial charge in [-0.05, 0) is 6.08 Å². The second kappa shape index (κ2) is 5.55. The zero-order chi connectivity index (χ0) is 10.3. The van der Waals surface area contributed by atoms with Crippen LogP contribution in [0, 0.1) is 5.41 Å². The van der Waals surface area contributed by atoms with Gasteiger partial charge in [0.05, 0.1) is 25.2 Å². The third-order valence-electron chi connectivity index (χ3n) is 1.92. The van der Waals surface area contributed by atoms with Crippen LogP contribution < -0.4 is 0 Å². The Kier molecular flexibility index (Phi) is 5.09. The van der Waals surface area contributed by atoms with E-state index in [9.17, 15) is 0 Å². The lowest BCUT2D eigenvalue weighted by Gasteiger charge is -2.26. The van der Waals surface area contributed by atoms with Crippen molar-refractivity contribution in [1.82, 2.24) is 0 Å². The van der Waals surface area contributed by atoms with Crippen LogP contribution in [0.3, 0.4) is 0 Å². The number of hydrogen-bond acceptors (Lipinski definition) is 3. The minimum Gasteiger partial charge on any atom is -0.395 e. The molecule has 0 aromatic rings. The molecule has 0 saturated heterocycles. The van der Waals surface area contributed by atoms with Gasteiger partial charge in [0.1, 0.15) is 0 Å². The fourth-order valence-electron chi connectivity index (χ4n) is 0.899. The molecule has 0 aliphatic heterocycles. The van der Waals surface area contributed by atoms with Gasteiger partial charge >= 0.3 is 0 Å². The summed E-state index contributed by atoms with van der Waals surface area (Å²) in [5.74, 6) is 0. The van der Waals surface area contributed by atoms with Crippen molar-refractivity contribution in [3.63, 3.8) is 0 Å². The first kappa shape index (κ1) is 11.9. The van der Waals surface area contributed by atoms with Crippen molar-refractivity contribution in [2.45, 2.75) is 0 Å². The maximum atomic E-state index is 9.03.